The van der Waals surface area contributed by atoms with Crippen LogP contribution in [0.5, 0.6) is 0 Å². The number of benzene rings is 1. The van der Waals surface area contributed by atoms with Crippen molar-refractivity contribution in [2.45, 2.75) is 32.5 Å². The SMILES string of the molecule is CC1Cn2cc(C(=O)NO)cc2C(C)N1C(=O)c1ccc(-n2cccn2)cc1. The molecule has 3 heterocycles. The smallest absolute Gasteiger partial charge is 0.276 e. The molecule has 2 N–H and O–H groups in total. The normalized spacial score (nSPS) is 18.6. The van der Waals surface area contributed by atoms with Gasteiger partial charge in [-0.25, -0.2) is 10.2 Å². The van der Waals surface area contributed by atoms with Gasteiger partial charge >= 0.3 is 0 Å². The fourth-order valence-corrected chi connectivity index (χ4v) is 3.83. The summed E-state index contributed by atoms with van der Waals surface area (Å²) in [6.45, 7) is 4.51. The molecule has 0 spiro atoms. The Morgan fingerprint density at radius 1 is 1.18 bits per heavy atom. The molecule has 28 heavy (non-hydrogen) atoms. The first kappa shape index (κ1) is 18.0. The number of hydrogen-bond donors (Lipinski definition) is 2. The Labute approximate surface area is 162 Å². The summed E-state index contributed by atoms with van der Waals surface area (Å²) in [6, 6.07) is 10.6. The third-order valence-corrected chi connectivity index (χ3v) is 5.19. The fourth-order valence-electron chi connectivity index (χ4n) is 3.83. The lowest BCUT2D eigenvalue weighted by molar-refractivity contribution is 0.0521. The maximum Gasteiger partial charge on any atom is 0.276 e. The summed E-state index contributed by atoms with van der Waals surface area (Å²) in [7, 11) is 0. The highest BCUT2D eigenvalue weighted by Crippen LogP contribution is 2.32. The number of aromatic nitrogens is 3. The van der Waals surface area contributed by atoms with Crippen molar-refractivity contribution in [2.24, 2.45) is 0 Å². The van der Waals surface area contributed by atoms with E-state index in [4.69, 9.17) is 5.21 Å². The summed E-state index contributed by atoms with van der Waals surface area (Å²) in [5.41, 5.74) is 4.37. The van der Waals surface area contributed by atoms with Crippen molar-refractivity contribution in [1.29, 1.82) is 0 Å². The van der Waals surface area contributed by atoms with Crippen LogP contribution in [-0.2, 0) is 6.54 Å². The number of nitrogens with zero attached hydrogens (tertiary/aromatic N) is 4. The molecule has 2 amide bonds. The molecule has 1 aliphatic rings. The van der Waals surface area contributed by atoms with Gasteiger partial charge in [0.2, 0.25) is 0 Å². The molecule has 1 aromatic carbocycles. The molecule has 0 aliphatic carbocycles. The number of rotatable bonds is 3. The summed E-state index contributed by atoms with van der Waals surface area (Å²) in [5, 5.41) is 13.1. The van der Waals surface area contributed by atoms with Gasteiger partial charge in [0.05, 0.1) is 17.3 Å². The van der Waals surface area contributed by atoms with Gasteiger partial charge in [0.25, 0.3) is 11.8 Å². The molecule has 0 saturated carbocycles. The predicted octanol–water partition coefficient (Wildman–Crippen LogP) is 2.40. The lowest BCUT2D eigenvalue weighted by atomic mass is 10.0. The van der Waals surface area contributed by atoms with Gasteiger partial charge in [0.1, 0.15) is 0 Å². The summed E-state index contributed by atoms with van der Waals surface area (Å²) in [5.74, 6) is -0.624. The maximum atomic E-state index is 13.2. The number of carbonyl (C=O) groups excluding carboxylic acids is 2. The van der Waals surface area contributed by atoms with Crippen molar-refractivity contribution >= 4 is 11.8 Å². The molecule has 0 bridgehead atoms. The molecule has 0 fully saturated rings. The molecular weight excluding hydrogens is 358 g/mol. The number of carbonyl (C=O) groups is 2. The Morgan fingerprint density at radius 3 is 2.57 bits per heavy atom. The number of nitrogens with one attached hydrogen (secondary N) is 1. The zero-order valence-electron chi connectivity index (χ0n) is 15.6. The molecule has 0 radical (unpaired) electrons. The number of amides is 2. The molecule has 8 heteroatoms. The van der Waals surface area contributed by atoms with Crippen molar-refractivity contribution < 1.29 is 14.8 Å². The second kappa shape index (κ2) is 6.97. The first-order valence-corrected chi connectivity index (χ1v) is 9.07. The second-order valence-corrected chi connectivity index (χ2v) is 6.98. The minimum atomic E-state index is -0.561. The van der Waals surface area contributed by atoms with E-state index in [0.29, 0.717) is 17.7 Å². The summed E-state index contributed by atoms with van der Waals surface area (Å²) in [6.07, 6.45) is 5.26. The molecule has 4 rings (SSSR count). The Kier molecular flexibility index (Phi) is 4.48. The van der Waals surface area contributed by atoms with Crippen LogP contribution in [0.25, 0.3) is 5.69 Å². The Balaban J connectivity index is 1.60. The van der Waals surface area contributed by atoms with E-state index in [1.807, 2.05) is 47.7 Å². The Morgan fingerprint density at radius 2 is 1.93 bits per heavy atom. The van der Waals surface area contributed by atoms with Crippen LogP contribution in [0.4, 0.5) is 0 Å². The van der Waals surface area contributed by atoms with Crippen LogP contribution in [0.15, 0.2) is 55.0 Å². The Bertz CT molecular complexity index is 1010. The predicted molar refractivity (Wildman–Crippen MR) is 101 cm³/mol. The Hall–Kier alpha value is -3.39. The highest BCUT2D eigenvalue weighted by molar-refractivity contribution is 5.95. The van der Waals surface area contributed by atoms with Gasteiger partial charge in [-0.2, -0.15) is 5.10 Å². The monoisotopic (exact) mass is 379 g/mol. The van der Waals surface area contributed by atoms with Gasteiger partial charge in [-0.1, -0.05) is 0 Å². The molecule has 8 nitrogen and oxygen atoms in total. The van der Waals surface area contributed by atoms with E-state index in [0.717, 1.165) is 11.4 Å². The van der Waals surface area contributed by atoms with Crippen LogP contribution in [0.3, 0.4) is 0 Å². The molecular formula is C20H21N5O3. The van der Waals surface area contributed by atoms with E-state index in [9.17, 15) is 9.59 Å². The highest BCUT2D eigenvalue weighted by Gasteiger charge is 2.34. The van der Waals surface area contributed by atoms with Crippen LogP contribution in [0.2, 0.25) is 0 Å². The van der Waals surface area contributed by atoms with Crippen molar-refractivity contribution in [3.05, 3.63) is 71.8 Å². The topological polar surface area (TPSA) is 92.4 Å². The lowest BCUT2D eigenvalue weighted by Crippen LogP contribution is -2.46. The van der Waals surface area contributed by atoms with Gasteiger partial charge < -0.3 is 9.47 Å². The largest absolute Gasteiger partial charge is 0.347 e. The first-order valence-electron chi connectivity index (χ1n) is 9.07. The van der Waals surface area contributed by atoms with Gasteiger partial charge in [0.15, 0.2) is 0 Å². The standard InChI is InChI=1S/C20H21N5O3/c1-13-11-23-12-16(19(26)22-28)10-18(23)14(2)25(13)20(27)15-4-6-17(7-5-15)24-9-3-8-21-24/h3-10,12-14,28H,11H2,1-2H3,(H,22,26). The highest BCUT2D eigenvalue weighted by atomic mass is 16.5. The van der Waals surface area contributed by atoms with Crippen LogP contribution in [0, 0.1) is 0 Å². The third-order valence-electron chi connectivity index (χ3n) is 5.19. The van der Waals surface area contributed by atoms with E-state index >= 15 is 0 Å². The minimum absolute atomic E-state index is 0.0433. The van der Waals surface area contributed by atoms with Gasteiger partial charge in [-0.3, -0.25) is 14.8 Å². The number of fused-ring (bicyclic) bond motifs is 1. The van der Waals surface area contributed by atoms with Crippen molar-refractivity contribution in [1.82, 2.24) is 24.7 Å². The molecule has 2 atom stereocenters. The third kappa shape index (κ3) is 2.97. The maximum absolute atomic E-state index is 13.2. The van der Waals surface area contributed by atoms with E-state index in [1.165, 1.54) is 0 Å². The second-order valence-electron chi connectivity index (χ2n) is 6.98. The average Bonchev–Trinajstić information content (AvgIpc) is 3.37. The number of hydroxylamine groups is 1. The quantitative estimate of drug-likeness (QED) is 0.540. The molecule has 1 aliphatic heterocycles. The summed E-state index contributed by atoms with van der Waals surface area (Å²) in [4.78, 5) is 26.8. The summed E-state index contributed by atoms with van der Waals surface area (Å²) < 4.78 is 3.70. The minimum Gasteiger partial charge on any atom is -0.347 e. The van der Waals surface area contributed by atoms with Crippen molar-refractivity contribution in [3.63, 3.8) is 0 Å². The van der Waals surface area contributed by atoms with Gasteiger partial charge in [0, 0.05) is 42.4 Å². The zero-order valence-corrected chi connectivity index (χ0v) is 15.6. The number of hydrogen-bond acceptors (Lipinski definition) is 4. The average molecular weight is 379 g/mol. The molecule has 2 unspecified atom stereocenters. The fraction of sp³-hybridized carbons (Fsp3) is 0.250. The molecule has 2 aromatic heterocycles. The first-order chi connectivity index (χ1) is 13.5. The lowest BCUT2D eigenvalue weighted by Gasteiger charge is -2.40. The summed E-state index contributed by atoms with van der Waals surface area (Å²) >= 11 is 0. The molecule has 144 valence electrons. The van der Waals surface area contributed by atoms with Crippen LogP contribution < -0.4 is 5.48 Å². The van der Waals surface area contributed by atoms with Crippen LogP contribution in [-0.4, -0.2) is 42.3 Å². The van der Waals surface area contributed by atoms with Crippen molar-refractivity contribution in [2.75, 3.05) is 0 Å². The molecule has 3 aromatic rings. The van der Waals surface area contributed by atoms with Crippen molar-refractivity contribution in [3.8, 4) is 5.69 Å². The molecule has 0 saturated heterocycles. The van der Waals surface area contributed by atoms with E-state index in [2.05, 4.69) is 5.10 Å². The van der Waals surface area contributed by atoms with Crippen LogP contribution in [0.1, 0.15) is 46.3 Å². The van der Waals surface area contributed by atoms with Crippen LogP contribution >= 0.6 is 0 Å². The zero-order chi connectivity index (χ0) is 19.8. The van der Waals surface area contributed by atoms with E-state index < -0.39 is 5.91 Å². The van der Waals surface area contributed by atoms with E-state index in [1.54, 1.807) is 40.8 Å². The van der Waals surface area contributed by atoms with Gasteiger partial charge in [-0.05, 0) is 50.2 Å². The van der Waals surface area contributed by atoms with E-state index in [-0.39, 0.29) is 18.0 Å². The van der Waals surface area contributed by atoms with Gasteiger partial charge in [-0.15, -0.1) is 0 Å².